The molecule has 3 nitrogen and oxygen atoms in total. The van der Waals surface area contributed by atoms with Gasteiger partial charge in [-0.25, -0.2) is 4.98 Å². The molecule has 0 saturated carbocycles. The summed E-state index contributed by atoms with van der Waals surface area (Å²) in [5.74, 6) is 0.899. The molecule has 106 valence electrons. The molecule has 21 heavy (non-hydrogen) atoms. The van der Waals surface area contributed by atoms with Crippen LogP contribution in [0.5, 0.6) is 0 Å². The van der Waals surface area contributed by atoms with Crippen LogP contribution in [-0.4, -0.2) is 15.0 Å². The van der Waals surface area contributed by atoms with Gasteiger partial charge in [0.05, 0.1) is 5.52 Å². The molecule has 0 bridgehead atoms. The van der Waals surface area contributed by atoms with Gasteiger partial charge in [0.1, 0.15) is 10.5 Å². The van der Waals surface area contributed by atoms with Crippen LogP contribution in [0.25, 0.3) is 22.2 Å². The predicted molar refractivity (Wildman–Crippen MR) is 88.9 cm³/mol. The molecule has 0 fully saturated rings. The second kappa shape index (κ2) is 5.04. The average Bonchev–Trinajstić information content (AvgIpc) is 2.45. The van der Waals surface area contributed by atoms with Gasteiger partial charge in [-0.05, 0) is 29.8 Å². The monoisotopic (exact) mass is 295 g/mol. The third-order valence-corrected chi connectivity index (χ3v) is 3.58. The van der Waals surface area contributed by atoms with Gasteiger partial charge in [-0.3, -0.25) is 4.98 Å². The summed E-state index contributed by atoms with van der Waals surface area (Å²) < 4.78 is 0.611. The largest absolute Gasteiger partial charge is 0.343 e. The number of nitrogens with one attached hydrogen (secondary N) is 1. The van der Waals surface area contributed by atoms with E-state index in [2.05, 4.69) is 53.9 Å². The minimum absolute atomic E-state index is 0.0675. The summed E-state index contributed by atoms with van der Waals surface area (Å²) in [6.45, 7) is 6.36. The van der Waals surface area contributed by atoms with E-state index in [0.717, 1.165) is 28.0 Å². The van der Waals surface area contributed by atoms with Crippen molar-refractivity contribution in [1.29, 1.82) is 0 Å². The summed E-state index contributed by atoms with van der Waals surface area (Å²) in [4.78, 5) is 12.2. The summed E-state index contributed by atoms with van der Waals surface area (Å²) in [6.07, 6.45) is 1.81. The smallest absolute Gasteiger partial charge is 0.130 e. The quantitative estimate of drug-likeness (QED) is 0.664. The van der Waals surface area contributed by atoms with E-state index in [1.807, 2.05) is 18.2 Å². The Morgan fingerprint density at radius 3 is 2.67 bits per heavy atom. The Hall–Kier alpha value is -2.07. The van der Waals surface area contributed by atoms with Crippen LogP contribution in [0.1, 0.15) is 26.6 Å². The zero-order valence-electron chi connectivity index (χ0n) is 12.3. The van der Waals surface area contributed by atoms with Crippen molar-refractivity contribution >= 4 is 23.1 Å². The maximum Gasteiger partial charge on any atom is 0.130 e. The number of hydrogen-bond donors (Lipinski definition) is 1. The van der Waals surface area contributed by atoms with Gasteiger partial charge in [-0.1, -0.05) is 45.1 Å². The lowest BCUT2D eigenvalue weighted by atomic mass is 9.95. The Labute approximate surface area is 129 Å². The fourth-order valence-corrected chi connectivity index (χ4v) is 2.42. The van der Waals surface area contributed by atoms with Crippen LogP contribution in [0.3, 0.4) is 0 Å². The fraction of sp³-hybridized carbons (Fsp3) is 0.235. The van der Waals surface area contributed by atoms with Crippen LogP contribution in [0.15, 0.2) is 42.6 Å². The summed E-state index contributed by atoms with van der Waals surface area (Å²) in [5.41, 5.74) is 3.01. The lowest BCUT2D eigenvalue weighted by Gasteiger charge is -2.18. The number of aromatic nitrogens is 3. The van der Waals surface area contributed by atoms with Crippen molar-refractivity contribution in [2.45, 2.75) is 26.2 Å². The van der Waals surface area contributed by atoms with Crippen molar-refractivity contribution in [3.63, 3.8) is 0 Å². The van der Waals surface area contributed by atoms with E-state index in [4.69, 9.17) is 12.2 Å². The summed E-state index contributed by atoms with van der Waals surface area (Å²) in [5, 5.41) is 1.11. The molecule has 2 aromatic heterocycles. The number of aromatic amines is 1. The van der Waals surface area contributed by atoms with Crippen molar-refractivity contribution in [2.75, 3.05) is 0 Å². The Balaban J connectivity index is 2.18. The number of benzene rings is 1. The number of nitrogens with zero attached hydrogens (tertiary/aromatic N) is 2. The van der Waals surface area contributed by atoms with E-state index in [1.54, 1.807) is 6.20 Å². The van der Waals surface area contributed by atoms with E-state index in [9.17, 15) is 0 Å². The molecule has 4 heteroatoms. The van der Waals surface area contributed by atoms with Gasteiger partial charge in [0.2, 0.25) is 0 Å². The van der Waals surface area contributed by atoms with E-state index in [1.165, 1.54) is 0 Å². The molecule has 0 unspecified atom stereocenters. The molecular formula is C17H17N3S. The number of hydrogen-bond acceptors (Lipinski definition) is 3. The molecule has 0 amide bonds. The maximum atomic E-state index is 5.31. The number of pyridine rings is 1. The standard InChI is InChI=1S/C17H17N3S/c1-17(2,3)16-19-14(10-15(21)20-16)12-6-7-13-11(9-12)5-4-8-18-13/h4-10H,1-3H3,(H,19,20,21). The van der Waals surface area contributed by atoms with Crippen molar-refractivity contribution in [2.24, 2.45) is 0 Å². The molecule has 3 rings (SSSR count). The summed E-state index contributed by atoms with van der Waals surface area (Å²) in [7, 11) is 0. The van der Waals surface area contributed by atoms with Gasteiger partial charge in [0, 0.05) is 22.7 Å². The van der Waals surface area contributed by atoms with E-state index in [-0.39, 0.29) is 5.41 Å². The predicted octanol–water partition coefficient (Wildman–Crippen LogP) is 4.65. The Bertz CT molecular complexity index is 860. The van der Waals surface area contributed by atoms with Gasteiger partial charge >= 0.3 is 0 Å². The van der Waals surface area contributed by atoms with Gasteiger partial charge in [0.15, 0.2) is 0 Å². The molecule has 0 spiro atoms. The zero-order chi connectivity index (χ0) is 15.0. The number of rotatable bonds is 1. The Morgan fingerprint density at radius 2 is 1.90 bits per heavy atom. The maximum absolute atomic E-state index is 5.31. The van der Waals surface area contributed by atoms with Crippen LogP contribution in [0.4, 0.5) is 0 Å². The Kier molecular flexibility index (Phi) is 3.33. The Morgan fingerprint density at radius 1 is 1.10 bits per heavy atom. The van der Waals surface area contributed by atoms with Gasteiger partial charge in [0.25, 0.3) is 0 Å². The third-order valence-electron chi connectivity index (χ3n) is 3.37. The first-order chi connectivity index (χ1) is 9.93. The van der Waals surface area contributed by atoms with E-state index < -0.39 is 0 Å². The van der Waals surface area contributed by atoms with Crippen molar-refractivity contribution in [3.8, 4) is 11.3 Å². The van der Waals surface area contributed by atoms with Crippen LogP contribution < -0.4 is 0 Å². The van der Waals surface area contributed by atoms with Gasteiger partial charge < -0.3 is 4.98 Å². The lowest BCUT2D eigenvalue weighted by Crippen LogP contribution is -2.16. The molecular weight excluding hydrogens is 278 g/mol. The molecule has 3 aromatic rings. The van der Waals surface area contributed by atoms with E-state index in [0.29, 0.717) is 4.64 Å². The first-order valence-corrected chi connectivity index (χ1v) is 7.31. The molecule has 0 radical (unpaired) electrons. The van der Waals surface area contributed by atoms with Crippen molar-refractivity contribution in [1.82, 2.24) is 15.0 Å². The molecule has 0 aliphatic heterocycles. The molecule has 1 N–H and O–H groups in total. The lowest BCUT2D eigenvalue weighted by molar-refractivity contribution is 0.545. The molecule has 0 saturated heterocycles. The molecule has 0 aliphatic carbocycles. The van der Waals surface area contributed by atoms with Gasteiger partial charge in [-0.2, -0.15) is 0 Å². The minimum Gasteiger partial charge on any atom is -0.343 e. The normalized spacial score (nSPS) is 11.8. The van der Waals surface area contributed by atoms with Crippen LogP contribution in [0, 0.1) is 4.64 Å². The molecule has 0 aliphatic rings. The highest BCUT2D eigenvalue weighted by Gasteiger charge is 2.17. The highest BCUT2D eigenvalue weighted by atomic mass is 32.1. The second-order valence-corrected chi connectivity index (χ2v) is 6.56. The number of fused-ring (bicyclic) bond motifs is 1. The van der Waals surface area contributed by atoms with E-state index >= 15 is 0 Å². The summed E-state index contributed by atoms with van der Waals surface area (Å²) in [6, 6.07) is 12.1. The minimum atomic E-state index is -0.0675. The first-order valence-electron chi connectivity index (χ1n) is 6.90. The zero-order valence-corrected chi connectivity index (χ0v) is 13.2. The number of H-pyrrole nitrogens is 1. The SMILES string of the molecule is CC(C)(C)c1nc(=S)cc(-c2ccc3ncccc3c2)[nH]1. The van der Waals surface area contributed by atoms with Crippen LogP contribution in [-0.2, 0) is 5.41 Å². The topological polar surface area (TPSA) is 41.6 Å². The molecule has 0 atom stereocenters. The van der Waals surface area contributed by atoms with Crippen LogP contribution >= 0.6 is 12.2 Å². The first kappa shape index (κ1) is 13.9. The summed E-state index contributed by atoms with van der Waals surface area (Å²) >= 11 is 5.31. The average molecular weight is 295 g/mol. The third kappa shape index (κ3) is 2.85. The van der Waals surface area contributed by atoms with Gasteiger partial charge in [-0.15, -0.1) is 0 Å². The highest BCUT2D eigenvalue weighted by molar-refractivity contribution is 7.71. The van der Waals surface area contributed by atoms with Crippen molar-refractivity contribution < 1.29 is 0 Å². The van der Waals surface area contributed by atoms with Crippen molar-refractivity contribution in [3.05, 3.63) is 53.1 Å². The molecule has 2 heterocycles. The second-order valence-electron chi connectivity index (χ2n) is 6.14. The molecule has 1 aromatic carbocycles. The van der Waals surface area contributed by atoms with Crippen LogP contribution in [0.2, 0.25) is 0 Å². The fourth-order valence-electron chi connectivity index (χ4n) is 2.21. The highest BCUT2D eigenvalue weighted by Crippen LogP contribution is 2.25.